The van der Waals surface area contributed by atoms with Crippen molar-refractivity contribution in [3.63, 3.8) is 0 Å². The number of nitrogens with two attached hydrogens (primary N) is 1. The zero-order chi connectivity index (χ0) is 15.4. The Labute approximate surface area is 129 Å². The second kappa shape index (κ2) is 6.58. The zero-order valence-electron chi connectivity index (χ0n) is 11.2. The summed E-state index contributed by atoms with van der Waals surface area (Å²) in [7, 11) is 1.53. The molecule has 0 aliphatic rings. The van der Waals surface area contributed by atoms with Gasteiger partial charge in [-0.15, -0.1) is 0 Å². The van der Waals surface area contributed by atoms with Crippen LogP contribution in [-0.4, -0.2) is 13.0 Å². The molecule has 4 nitrogen and oxygen atoms in total. The highest BCUT2D eigenvalue weighted by Gasteiger charge is 2.15. The largest absolute Gasteiger partial charge is 0.496 e. The normalized spacial score (nSPS) is 10.2. The number of primary amides is 1. The summed E-state index contributed by atoms with van der Waals surface area (Å²) in [4.78, 5) is 11.3. The maximum absolute atomic E-state index is 13.8. The Balaban J connectivity index is 2.28. The van der Waals surface area contributed by atoms with Crippen molar-refractivity contribution in [1.29, 1.82) is 0 Å². The van der Waals surface area contributed by atoms with E-state index in [-0.39, 0.29) is 17.9 Å². The van der Waals surface area contributed by atoms with Gasteiger partial charge in [-0.1, -0.05) is 22.0 Å². The monoisotopic (exact) mass is 353 g/mol. The van der Waals surface area contributed by atoms with E-state index >= 15 is 0 Å². The van der Waals surface area contributed by atoms with Gasteiger partial charge in [0.05, 0.1) is 12.7 Å². The lowest BCUT2D eigenvalue weighted by atomic mass is 10.1. The van der Waals surface area contributed by atoms with Gasteiger partial charge < -0.3 is 15.2 Å². The van der Waals surface area contributed by atoms with E-state index < -0.39 is 11.7 Å². The molecule has 0 fully saturated rings. The summed E-state index contributed by atoms with van der Waals surface area (Å²) < 4.78 is 25.3. The first-order valence-corrected chi connectivity index (χ1v) is 6.85. The molecule has 0 aromatic heterocycles. The average Bonchev–Trinajstić information content (AvgIpc) is 2.45. The summed E-state index contributed by atoms with van der Waals surface area (Å²) in [6, 6.07) is 9.41. The maximum atomic E-state index is 13.8. The van der Waals surface area contributed by atoms with E-state index in [1.807, 2.05) is 6.07 Å². The molecule has 0 heterocycles. The summed E-state index contributed by atoms with van der Waals surface area (Å²) in [6.07, 6.45) is 0. The molecule has 1 amide bonds. The van der Waals surface area contributed by atoms with E-state index in [0.29, 0.717) is 11.3 Å². The molecule has 6 heteroatoms. The van der Waals surface area contributed by atoms with Crippen molar-refractivity contribution in [3.05, 3.63) is 57.8 Å². The molecule has 0 aliphatic heterocycles. The predicted octanol–water partition coefficient (Wildman–Crippen LogP) is 3.27. The van der Waals surface area contributed by atoms with E-state index in [1.165, 1.54) is 25.3 Å². The molecule has 2 N–H and O–H groups in total. The van der Waals surface area contributed by atoms with Crippen LogP contribution in [0.1, 0.15) is 15.9 Å². The molecule has 21 heavy (non-hydrogen) atoms. The summed E-state index contributed by atoms with van der Waals surface area (Å²) >= 11 is 3.34. The number of amides is 1. The van der Waals surface area contributed by atoms with Gasteiger partial charge in [0.1, 0.15) is 12.4 Å². The third-order valence-electron chi connectivity index (χ3n) is 2.85. The Kier molecular flexibility index (Phi) is 4.80. The quantitative estimate of drug-likeness (QED) is 0.897. The fourth-order valence-electron chi connectivity index (χ4n) is 1.86. The van der Waals surface area contributed by atoms with Crippen LogP contribution in [0, 0.1) is 5.82 Å². The topological polar surface area (TPSA) is 61.6 Å². The van der Waals surface area contributed by atoms with E-state index in [1.54, 1.807) is 12.1 Å². The Morgan fingerprint density at radius 2 is 2.10 bits per heavy atom. The molecule has 0 aliphatic carbocycles. The van der Waals surface area contributed by atoms with Crippen molar-refractivity contribution < 1.29 is 18.7 Å². The molecule has 0 unspecified atom stereocenters. The van der Waals surface area contributed by atoms with Gasteiger partial charge in [-0.2, -0.15) is 0 Å². The standard InChI is InChI=1S/C15H13BrFNO3/c1-20-13-6-5-10(16)7-9(13)8-21-14-11(15(18)19)3-2-4-12(14)17/h2-7H,8H2,1H3,(H2,18,19). The minimum atomic E-state index is -0.745. The molecular weight excluding hydrogens is 341 g/mol. The molecule has 0 saturated carbocycles. The van der Waals surface area contributed by atoms with Gasteiger partial charge in [0.2, 0.25) is 0 Å². The second-order valence-corrected chi connectivity index (χ2v) is 5.14. The Hall–Kier alpha value is -2.08. The molecule has 0 saturated heterocycles. The molecular formula is C15H13BrFNO3. The van der Waals surface area contributed by atoms with Gasteiger partial charge in [0.25, 0.3) is 5.91 Å². The third-order valence-corrected chi connectivity index (χ3v) is 3.34. The number of rotatable bonds is 5. The molecule has 2 aromatic rings. The molecule has 2 aromatic carbocycles. The third kappa shape index (κ3) is 3.52. The Morgan fingerprint density at radius 3 is 2.76 bits per heavy atom. The van der Waals surface area contributed by atoms with Crippen molar-refractivity contribution in [3.8, 4) is 11.5 Å². The minimum absolute atomic E-state index is 0.00367. The van der Waals surface area contributed by atoms with Crippen LogP contribution in [0.2, 0.25) is 0 Å². The van der Waals surface area contributed by atoms with Gasteiger partial charge in [-0.3, -0.25) is 4.79 Å². The van der Waals surface area contributed by atoms with Crippen LogP contribution in [-0.2, 0) is 6.61 Å². The molecule has 0 atom stereocenters. The number of ether oxygens (including phenoxy) is 2. The van der Waals surface area contributed by atoms with E-state index in [0.717, 1.165) is 4.47 Å². The van der Waals surface area contributed by atoms with Crippen LogP contribution < -0.4 is 15.2 Å². The highest BCUT2D eigenvalue weighted by molar-refractivity contribution is 9.10. The molecule has 0 spiro atoms. The fraction of sp³-hybridized carbons (Fsp3) is 0.133. The summed E-state index contributed by atoms with van der Waals surface area (Å²) in [5, 5.41) is 0. The van der Waals surface area contributed by atoms with Crippen LogP contribution in [0.25, 0.3) is 0 Å². The van der Waals surface area contributed by atoms with Crippen molar-refractivity contribution in [2.24, 2.45) is 5.73 Å². The second-order valence-electron chi connectivity index (χ2n) is 4.23. The molecule has 0 radical (unpaired) electrons. The Morgan fingerprint density at radius 1 is 1.33 bits per heavy atom. The number of methoxy groups -OCH3 is 1. The summed E-state index contributed by atoms with van der Waals surface area (Å²) in [5.74, 6) is -0.937. The van der Waals surface area contributed by atoms with Crippen LogP contribution in [0.15, 0.2) is 40.9 Å². The van der Waals surface area contributed by atoms with Crippen molar-refractivity contribution in [2.45, 2.75) is 6.61 Å². The number of benzene rings is 2. The number of hydrogen-bond acceptors (Lipinski definition) is 3. The minimum Gasteiger partial charge on any atom is -0.496 e. The number of hydrogen-bond donors (Lipinski definition) is 1. The van der Waals surface area contributed by atoms with E-state index in [4.69, 9.17) is 15.2 Å². The average molecular weight is 354 g/mol. The smallest absolute Gasteiger partial charge is 0.252 e. The lowest BCUT2D eigenvalue weighted by Crippen LogP contribution is -2.14. The molecule has 0 bridgehead atoms. The number of halogens is 2. The highest BCUT2D eigenvalue weighted by Crippen LogP contribution is 2.27. The molecule has 2 rings (SSSR count). The number of para-hydroxylation sites is 1. The van der Waals surface area contributed by atoms with Gasteiger partial charge in [-0.05, 0) is 30.3 Å². The maximum Gasteiger partial charge on any atom is 0.252 e. The number of carbonyl (C=O) groups excluding carboxylic acids is 1. The SMILES string of the molecule is COc1ccc(Br)cc1COc1c(F)cccc1C(N)=O. The molecule has 110 valence electrons. The van der Waals surface area contributed by atoms with Crippen molar-refractivity contribution in [2.75, 3.05) is 7.11 Å². The Bertz CT molecular complexity index is 676. The zero-order valence-corrected chi connectivity index (χ0v) is 12.8. The van der Waals surface area contributed by atoms with Gasteiger partial charge in [-0.25, -0.2) is 4.39 Å². The van der Waals surface area contributed by atoms with Gasteiger partial charge in [0.15, 0.2) is 11.6 Å². The van der Waals surface area contributed by atoms with Crippen LogP contribution in [0.4, 0.5) is 4.39 Å². The van der Waals surface area contributed by atoms with Crippen molar-refractivity contribution in [1.82, 2.24) is 0 Å². The van der Waals surface area contributed by atoms with E-state index in [2.05, 4.69) is 15.9 Å². The first-order chi connectivity index (χ1) is 10.0. The summed E-state index contributed by atoms with van der Waals surface area (Å²) in [6.45, 7) is 0.0455. The highest BCUT2D eigenvalue weighted by atomic mass is 79.9. The van der Waals surface area contributed by atoms with Crippen LogP contribution in [0.5, 0.6) is 11.5 Å². The first kappa shape index (κ1) is 15.3. The first-order valence-electron chi connectivity index (χ1n) is 6.06. The van der Waals surface area contributed by atoms with Crippen molar-refractivity contribution >= 4 is 21.8 Å². The predicted molar refractivity (Wildman–Crippen MR) is 79.9 cm³/mol. The van der Waals surface area contributed by atoms with Crippen LogP contribution >= 0.6 is 15.9 Å². The van der Waals surface area contributed by atoms with Gasteiger partial charge in [0, 0.05) is 10.0 Å². The lowest BCUT2D eigenvalue weighted by Gasteiger charge is -2.13. The van der Waals surface area contributed by atoms with Gasteiger partial charge >= 0.3 is 0 Å². The summed E-state index contributed by atoms with van der Waals surface area (Å²) in [5.41, 5.74) is 5.93. The lowest BCUT2D eigenvalue weighted by molar-refractivity contribution is 0.0994. The van der Waals surface area contributed by atoms with E-state index in [9.17, 15) is 9.18 Å². The fourth-order valence-corrected chi connectivity index (χ4v) is 2.27. The number of carbonyl (C=O) groups is 1. The van der Waals surface area contributed by atoms with Crippen LogP contribution in [0.3, 0.4) is 0 Å².